The average molecular weight is 367 g/mol. The van der Waals surface area contributed by atoms with Gasteiger partial charge in [-0.3, -0.25) is 4.79 Å². The van der Waals surface area contributed by atoms with Crippen molar-refractivity contribution in [3.8, 4) is 10.8 Å². The lowest BCUT2D eigenvalue weighted by Crippen LogP contribution is -2.35. The van der Waals surface area contributed by atoms with Crippen LogP contribution in [0.25, 0.3) is 10.8 Å². The normalized spacial score (nSPS) is 16.0. The molecule has 1 aliphatic rings. The van der Waals surface area contributed by atoms with E-state index in [1.54, 1.807) is 11.3 Å². The average Bonchev–Trinajstić information content (AvgIpc) is 3.10. The highest BCUT2D eigenvalue weighted by atomic mass is 32.2. The zero-order chi connectivity index (χ0) is 16.9. The predicted molar refractivity (Wildman–Crippen MR) is 95.3 cm³/mol. The molecule has 0 saturated carbocycles. The van der Waals surface area contributed by atoms with Crippen molar-refractivity contribution in [1.82, 2.24) is 20.1 Å². The topological polar surface area (TPSA) is 72.1 Å². The summed E-state index contributed by atoms with van der Waals surface area (Å²) >= 11 is 2.86. The second kappa shape index (κ2) is 8.11. The number of amides is 1. The van der Waals surface area contributed by atoms with Crippen molar-refractivity contribution in [2.75, 3.05) is 18.8 Å². The highest BCUT2D eigenvalue weighted by molar-refractivity contribution is 7.99. The number of thioether (sulfide) groups is 1. The quantitative estimate of drug-likeness (QED) is 0.768. The van der Waals surface area contributed by atoms with Crippen LogP contribution in [0, 0.1) is 13.8 Å². The fourth-order valence-electron chi connectivity index (χ4n) is 2.80. The van der Waals surface area contributed by atoms with Gasteiger partial charge in [0.05, 0.1) is 16.5 Å². The highest BCUT2D eigenvalue weighted by Crippen LogP contribution is 2.30. The fourth-order valence-corrected chi connectivity index (χ4v) is 4.31. The first-order valence-electron chi connectivity index (χ1n) is 8.32. The molecule has 2 aromatic rings. The molecule has 24 heavy (non-hydrogen) atoms. The lowest BCUT2D eigenvalue weighted by molar-refractivity contribution is -0.128. The van der Waals surface area contributed by atoms with E-state index in [1.165, 1.54) is 31.0 Å². The van der Waals surface area contributed by atoms with Crippen molar-refractivity contribution in [3.63, 3.8) is 0 Å². The largest absolute Gasteiger partial charge is 0.410 e. The van der Waals surface area contributed by atoms with Crippen LogP contribution in [0.15, 0.2) is 9.64 Å². The maximum Gasteiger partial charge on any atom is 0.277 e. The minimum absolute atomic E-state index is 0.159. The van der Waals surface area contributed by atoms with Crippen molar-refractivity contribution in [2.45, 2.75) is 51.2 Å². The van der Waals surface area contributed by atoms with Crippen molar-refractivity contribution >= 4 is 29.0 Å². The molecule has 1 fully saturated rings. The zero-order valence-corrected chi connectivity index (χ0v) is 15.7. The molecule has 0 aromatic carbocycles. The Bertz CT molecular complexity index is 690. The van der Waals surface area contributed by atoms with Gasteiger partial charge in [0.15, 0.2) is 0 Å². The van der Waals surface area contributed by atoms with Gasteiger partial charge in [-0.05, 0) is 26.7 Å². The first-order valence-corrected chi connectivity index (χ1v) is 10.1. The van der Waals surface area contributed by atoms with Gasteiger partial charge >= 0.3 is 0 Å². The number of likely N-dealkylation sites (tertiary alicyclic amines) is 1. The van der Waals surface area contributed by atoms with Gasteiger partial charge < -0.3 is 9.32 Å². The molecule has 0 spiro atoms. The van der Waals surface area contributed by atoms with E-state index in [-0.39, 0.29) is 5.91 Å². The summed E-state index contributed by atoms with van der Waals surface area (Å²) in [5.41, 5.74) is 0.898. The van der Waals surface area contributed by atoms with Crippen LogP contribution in [0.2, 0.25) is 0 Å². The highest BCUT2D eigenvalue weighted by Gasteiger charge is 2.18. The van der Waals surface area contributed by atoms with Crippen molar-refractivity contribution in [1.29, 1.82) is 0 Å². The van der Waals surface area contributed by atoms with Gasteiger partial charge in [0.25, 0.3) is 11.1 Å². The van der Waals surface area contributed by atoms with E-state index >= 15 is 0 Å². The zero-order valence-electron chi connectivity index (χ0n) is 14.1. The van der Waals surface area contributed by atoms with Gasteiger partial charge in [0.2, 0.25) is 5.91 Å². The molecule has 130 valence electrons. The third kappa shape index (κ3) is 4.36. The van der Waals surface area contributed by atoms with Gasteiger partial charge in [-0.1, -0.05) is 31.0 Å². The van der Waals surface area contributed by atoms with Crippen LogP contribution in [0.3, 0.4) is 0 Å². The van der Waals surface area contributed by atoms with Crippen LogP contribution in [0.4, 0.5) is 0 Å². The number of carbonyl (C=O) groups is 1. The van der Waals surface area contributed by atoms with Crippen molar-refractivity contribution in [2.24, 2.45) is 0 Å². The van der Waals surface area contributed by atoms with Crippen molar-refractivity contribution < 1.29 is 9.21 Å². The molecule has 8 heteroatoms. The molecule has 3 rings (SSSR count). The van der Waals surface area contributed by atoms with E-state index < -0.39 is 0 Å². The summed E-state index contributed by atoms with van der Waals surface area (Å²) in [7, 11) is 0. The van der Waals surface area contributed by atoms with E-state index in [0.29, 0.717) is 16.9 Å². The Hall–Kier alpha value is -1.41. The van der Waals surface area contributed by atoms with Crippen LogP contribution < -0.4 is 0 Å². The maximum atomic E-state index is 12.4. The number of aryl methyl sites for hydroxylation is 2. The summed E-state index contributed by atoms with van der Waals surface area (Å²) in [5, 5.41) is 9.55. The Morgan fingerprint density at radius 2 is 1.88 bits per heavy atom. The van der Waals surface area contributed by atoms with Crippen LogP contribution in [0.5, 0.6) is 0 Å². The Morgan fingerprint density at radius 1 is 1.17 bits per heavy atom. The Morgan fingerprint density at radius 3 is 2.54 bits per heavy atom. The molecule has 1 aliphatic heterocycles. The van der Waals surface area contributed by atoms with E-state index in [2.05, 4.69) is 15.2 Å². The van der Waals surface area contributed by atoms with E-state index in [9.17, 15) is 4.79 Å². The lowest BCUT2D eigenvalue weighted by Gasteiger charge is -2.24. The summed E-state index contributed by atoms with van der Waals surface area (Å²) in [6, 6.07) is 0. The van der Waals surface area contributed by atoms with Gasteiger partial charge in [-0.15, -0.1) is 21.5 Å². The minimum Gasteiger partial charge on any atom is -0.410 e. The Kier molecular flexibility index (Phi) is 5.89. The molecule has 0 radical (unpaired) electrons. The summed E-state index contributed by atoms with van der Waals surface area (Å²) in [5.74, 6) is 0.994. The molecule has 1 saturated heterocycles. The first kappa shape index (κ1) is 17.4. The molecular weight excluding hydrogens is 344 g/mol. The monoisotopic (exact) mass is 366 g/mol. The molecule has 2 aromatic heterocycles. The molecule has 0 unspecified atom stereocenters. The Balaban J connectivity index is 1.56. The lowest BCUT2D eigenvalue weighted by atomic mass is 10.1. The molecule has 0 aliphatic carbocycles. The number of rotatable bonds is 4. The molecule has 0 bridgehead atoms. The number of aromatic nitrogens is 3. The first-order chi connectivity index (χ1) is 11.6. The molecule has 1 amide bonds. The molecule has 3 heterocycles. The molecular formula is C16H22N4O2S2. The van der Waals surface area contributed by atoms with E-state index in [0.717, 1.165) is 41.5 Å². The Labute approximate surface area is 150 Å². The summed E-state index contributed by atoms with van der Waals surface area (Å²) < 4.78 is 5.69. The number of carbonyl (C=O) groups excluding carboxylic acids is 1. The van der Waals surface area contributed by atoms with E-state index in [4.69, 9.17) is 4.42 Å². The molecule has 0 atom stereocenters. The summed E-state index contributed by atoms with van der Waals surface area (Å²) in [6.07, 6.45) is 5.93. The molecule has 6 nitrogen and oxygen atoms in total. The van der Waals surface area contributed by atoms with Gasteiger partial charge in [-0.2, -0.15) is 0 Å². The third-order valence-electron chi connectivity index (χ3n) is 4.03. The van der Waals surface area contributed by atoms with Gasteiger partial charge in [0, 0.05) is 13.1 Å². The van der Waals surface area contributed by atoms with Crippen LogP contribution in [-0.4, -0.2) is 44.8 Å². The third-order valence-corrected chi connectivity index (χ3v) is 5.90. The second-order valence-corrected chi connectivity index (χ2v) is 8.09. The maximum absolute atomic E-state index is 12.4. The number of hydrogen-bond donors (Lipinski definition) is 0. The fraction of sp³-hybridized carbons (Fsp3) is 0.625. The standard InChI is InChI=1S/C16H22N4O2S2/c1-11-14(24-12(2)17-11)15-18-19-16(22-15)23-10-13(21)20-8-6-4-3-5-7-9-20/h3-10H2,1-2H3. The van der Waals surface area contributed by atoms with Crippen LogP contribution in [-0.2, 0) is 4.79 Å². The molecule has 0 N–H and O–H groups in total. The second-order valence-electron chi connectivity index (χ2n) is 5.96. The number of thiazole rings is 1. The van der Waals surface area contributed by atoms with Gasteiger partial charge in [0.1, 0.15) is 4.88 Å². The summed E-state index contributed by atoms with van der Waals surface area (Å²) in [6.45, 7) is 5.62. The van der Waals surface area contributed by atoms with Gasteiger partial charge in [-0.25, -0.2) is 4.98 Å². The SMILES string of the molecule is Cc1nc(C)c(-c2nnc(SCC(=O)N3CCCCCCC3)o2)s1. The summed E-state index contributed by atoms with van der Waals surface area (Å²) in [4.78, 5) is 19.6. The van der Waals surface area contributed by atoms with E-state index in [1.807, 2.05) is 18.7 Å². The number of hydrogen-bond acceptors (Lipinski definition) is 7. The smallest absolute Gasteiger partial charge is 0.277 e. The van der Waals surface area contributed by atoms with Crippen LogP contribution in [0.1, 0.15) is 42.8 Å². The van der Waals surface area contributed by atoms with Crippen LogP contribution >= 0.6 is 23.1 Å². The predicted octanol–water partition coefficient (Wildman–Crippen LogP) is 3.69. The minimum atomic E-state index is 0.159. The number of nitrogens with zero attached hydrogens (tertiary/aromatic N) is 4. The van der Waals surface area contributed by atoms with Crippen molar-refractivity contribution in [3.05, 3.63) is 10.7 Å².